The number of amides is 2. The van der Waals surface area contributed by atoms with Crippen LogP contribution in [-0.4, -0.2) is 38.9 Å². The predicted octanol–water partition coefficient (Wildman–Crippen LogP) is 4.21. The quantitative estimate of drug-likeness (QED) is 0.687. The zero-order valence-corrected chi connectivity index (χ0v) is 17.8. The maximum absolute atomic E-state index is 12.8. The highest BCUT2D eigenvalue weighted by Gasteiger charge is 2.27. The summed E-state index contributed by atoms with van der Waals surface area (Å²) >= 11 is 0. The summed E-state index contributed by atoms with van der Waals surface area (Å²) in [4.78, 5) is 31.1. The fourth-order valence-corrected chi connectivity index (χ4v) is 3.49. The number of carbonyl (C=O) groups excluding carboxylic acids is 2. The molecule has 8 nitrogen and oxygen atoms in total. The van der Waals surface area contributed by atoms with E-state index in [1.54, 1.807) is 34.1 Å². The SMILES string of the molecule is CC(C)(C)OC(=O)N1CCCc2ccc(NC(=O)c3cccc(-n4cncn4)c3)cc21. The van der Waals surface area contributed by atoms with Crippen LogP contribution in [0.25, 0.3) is 5.69 Å². The fourth-order valence-electron chi connectivity index (χ4n) is 3.49. The van der Waals surface area contributed by atoms with Crippen molar-refractivity contribution in [2.45, 2.75) is 39.2 Å². The molecule has 0 spiro atoms. The van der Waals surface area contributed by atoms with Gasteiger partial charge in [0, 0.05) is 17.8 Å². The molecule has 31 heavy (non-hydrogen) atoms. The molecule has 4 rings (SSSR count). The van der Waals surface area contributed by atoms with Crippen LogP contribution in [0.4, 0.5) is 16.2 Å². The van der Waals surface area contributed by atoms with Gasteiger partial charge < -0.3 is 10.1 Å². The molecule has 1 aliphatic rings. The normalized spacial score (nSPS) is 13.5. The molecule has 1 N–H and O–H groups in total. The molecule has 8 heteroatoms. The summed E-state index contributed by atoms with van der Waals surface area (Å²) in [5, 5.41) is 7.02. The molecule has 1 aliphatic heterocycles. The maximum atomic E-state index is 12.8. The third-order valence-electron chi connectivity index (χ3n) is 4.87. The first kappa shape index (κ1) is 20.6. The lowest BCUT2D eigenvalue weighted by Crippen LogP contribution is -2.39. The second-order valence-corrected chi connectivity index (χ2v) is 8.42. The van der Waals surface area contributed by atoms with Gasteiger partial charge >= 0.3 is 6.09 Å². The number of anilines is 2. The molecule has 0 bridgehead atoms. The largest absolute Gasteiger partial charge is 0.443 e. The Bertz CT molecular complexity index is 1100. The van der Waals surface area contributed by atoms with Gasteiger partial charge in [0.25, 0.3) is 5.91 Å². The van der Waals surface area contributed by atoms with E-state index in [2.05, 4.69) is 15.4 Å². The molecule has 0 aliphatic carbocycles. The zero-order chi connectivity index (χ0) is 22.0. The predicted molar refractivity (Wildman–Crippen MR) is 118 cm³/mol. The Hall–Kier alpha value is -3.68. The second kappa shape index (κ2) is 8.22. The first-order chi connectivity index (χ1) is 14.8. The topological polar surface area (TPSA) is 89.4 Å². The number of hydrogen-bond acceptors (Lipinski definition) is 5. The van der Waals surface area contributed by atoms with E-state index in [4.69, 9.17) is 4.74 Å². The maximum Gasteiger partial charge on any atom is 0.414 e. The Morgan fingerprint density at radius 1 is 1.13 bits per heavy atom. The Labute approximate surface area is 180 Å². The number of rotatable bonds is 3. The Kier molecular flexibility index (Phi) is 5.46. The van der Waals surface area contributed by atoms with Crippen LogP contribution >= 0.6 is 0 Å². The highest BCUT2D eigenvalue weighted by Crippen LogP contribution is 2.31. The smallest absolute Gasteiger partial charge is 0.414 e. The van der Waals surface area contributed by atoms with Crippen LogP contribution in [-0.2, 0) is 11.2 Å². The van der Waals surface area contributed by atoms with E-state index in [1.165, 1.54) is 6.33 Å². The molecule has 0 atom stereocenters. The van der Waals surface area contributed by atoms with Crippen LogP contribution < -0.4 is 10.2 Å². The third-order valence-corrected chi connectivity index (χ3v) is 4.87. The molecular weight excluding hydrogens is 394 g/mol. The molecule has 2 aromatic carbocycles. The van der Waals surface area contributed by atoms with E-state index in [1.807, 2.05) is 45.0 Å². The zero-order valence-electron chi connectivity index (χ0n) is 17.8. The molecule has 0 radical (unpaired) electrons. The van der Waals surface area contributed by atoms with Gasteiger partial charge in [0.05, 0.1) is 11.4 Å². The average molecular weight is 419 g/mol. The van der Waals surface area contributed by atoms with Crippen molar-refractivity contribution in [2.24, 2.45) is 0 Å². The molecule has 2 amide bonds. The lowest BCUT2D eigenvalue weighted by Gasteiger charge is -2.32. The summed E-state index contributed by atoms with van der Waals surface area (Å²) in [7, 11) is 0. The van der Waals surface area contributed by atoms with Crippen LogP contribution in [0.5, 0.6) is 0 Å². The minimum atomic E-state index is -0.574. The lowest BCUT2D eigenvalue weighted by molar-refractivity contribution is 0.0577. The van der Waals surface area contributed by atoms with E-state index < -0.39 is 5.60 Å². The van der Waals surface area contributed by atoms with Crippen LogP contribution in [0.15, 0.2) is 55.1 Å². The Morgan fingerprint density at radius 2 is 1.97 bits per heavy atom. The number of carbonyl (C=O) groups is 2. The van der Waals surface area contributed by atoms with Crippen molar-refractivity contribution in [3.63, 3.8) is 0 Å². The van der Waals surface area contributed by atoms with Crippen LogP contribution in [0.3, 0.4) is 0 Å². The van der Waals surface area contributed by atoms with Crippen molar-refractivity contribution < 1.29 is 14.3 Å². The van der Waals surface area contributed by atoms with Crippen molar-refractivity contribution in [1.29, 1.82) is 0 Å². The van der Waals surface area contributed by atoms with Gasteiger partial charge in [-0.2, -0.15) is 5.10 Å². The number of hydrogen-bond donors (Lipinski definition) is 1. The highest BCUT2D eigenvalue weighted by atomic mass is 16.6. The number of benzene rings is 2. The van der Waals surface area contributed by atoms with E-state index in [-0.39, 0.29) is 12.0 Å². The number of fused-ring (bicyclic) bond motifs is 1. The number of aryl methyl sites for hydroxylation is 1. The van der Waals surface area contributed by atoms with Gasteiger partial charge in [-0.25, -0.2) is 14.5 Å². The molecule has 0 fully saturated rings. The first-order valence-corrected chi connectivity index (χ1v) is 10.2. The fraction of sp³-hybridized carbons (Fsp3) is 0.304. The molecule has 0 saturated heterocycles. The highest BCUT2D eigenvalue weighted by molar-refractivity contribution is 6.05. The van der Waals surface area contributed by atoms with E-state index in [0.717, 1.165) is 29.8 Å². The van der Waals surface area contributed by atoms with Crippen molar-refractivity contribution in [3.05, 3.63) is 66.2 Å². The van der Waals surface area contributed by atoms with Gasteiger partial charge in [-0.15, -0.1) is 0 Å². The molecule has 1 aromatic heterocycles. The van der Waals surface area contributed by atoms with Crippen molar-refractivity contribution in [2.75, 3.05) is 16.8 Å². The summed E-state index contributed by atoms with van der Waals surface area (Å²) < 4.78 is 7.15. The number of ether oxygens (including phenoxy) is 1. The van der Waals surface area contributed by atoms with Gasteiger partial charge in [-0.3, -0.25) is 9.69 Å². The van der Waals surface area contributed by atoms with Crippen molar-refractivity contribution >= 4 is 23.4 Å². The van der Waals surface area contributed by atoms with Gasteiger partial charge in [-0.05, 0) is 69.5 Å². The summed E-state index contributed by atoms with van der Waals surface area (Å²) in [5.41, 5.74) is 3.11. The standard InChI is InChI=1S/C23H25N5O3/c1-23(2,3)31-22(30)27-11-5-7-16-9-10-18(13-20(16)27)26-21(29)17-6-4-8-19(12-17)28-15-24-14-25-28/h4,6,8-10,12-15H,5,7,11H2,1-3H3,(H,26,29). The average Bonchev–Trinajstić information content (AvgIpc) is 3.27. The van der Waals surface area contributed by atoms with Gasteiger partial charge in [-0.1, -0.05) is 12.1 Å². The Balaban J connectivity index is 1.55. The monoisotopic (exact) mass is 419 g/mol. The third kappa shape index (κ3) is 4.74. The van der Waals surface area contributed by atoms with Crippen molar-refractivity contribution in [3.8, 4) is 5.69 Å². The first-order valence-electron chi connectivity index (χ1n) is 10.2. The van der Waals surface area contributed by atoms with E-state index in [9.17, 15) is 9.59 Å². The summed E-state index contributed by atoms with van der Waals surface area (Å²) in [6.45, 7) is 6.12. The molecular formula is C23H25N5O3. The second-order valence-electron chi connectivity index (χ2n) is 8.42. The molecule has 3 aromatic rings. The summed E-state index contributed by atoms with van der Waals surface area (Å²) in [5.74, 6) is -0.249. The number of nitrogens with one attached hydrogen (secondary N) is 1. The Morgan fingerprint density at radius 3 is 2.71 bits per heavy atom. The number of aromatic nitrogens is 3. The van der Waals surface area contributed by atoms with Crippen molar-refractivity contribution in [1.82, 2.24) is 14.8 Å². The van der Waals surface area contributed by atoms with E-state index >= 15 is 0 Å². The van der Waals surface area contributed by atoms with Crippen LogP contribution in [0.1, 0.15) is 43.1 Å². The van der Waals surface area contributed by atoms with Gasteiger partial charge in [0.2, 0.25) is 0 Å². The molecule has 2 heterocycles. The molecule has 0 saturated carbocycles. The van der Waals surface area contributed by atoms with Crippen LogP contribution in [0, 0.1) is 0 Å². The van der Waals surface area contributed by atoms with Gasteiger partial charge in [0.15, 0.2) is 0 Å². The minimum absolute atomic E-state index is 0.249. The number of nitrogens with zero attached hydrogens (tertiary/aromatic N) is 4. The van der Waals surface area contributed by atoms with E-state index in [0.29, 0.717) is 17.8 Å². The molecule has 160 valence electrons. The van der Waals surface area contributed by atoms with Crippen LogP contribution in [0.2, 0.25) is 0 Å². The lowest BCUT2D eigenvalue weighted by atomic mass is 10.0. The van der Waals surface area contributed by atoms with Gasteiger partial charge in [0.1, 0.15) is 18.3 Å². The summed E-state index contributed by atoms with van der Waals surface area (Å²) in [6.07, 6.45) is 4.38. The summed E-state index contributed by atoms with van der Waals surface area (Å²) in [6, 6.07) is 12.8. The minimum Gasteiger partial charge on any atom is -0.443 e. The molecule has 0 unspecified atom stereocenters.